The van der Waals surface area contributed by atoms with Crippen LogP contribution >= 0.6 is 12.6 Å². The summed E-state index contributed by atoms with van der Waals surface area (Å²) in [5.41, 5.74) is 0. The van der Waals surface area contributed by atoms with Gasteiger partial charge in [-0.3, -0.25) is 0 Å². The van der Waals surface area contributed by atoms with Crippen LogP contribution in [0, 0.1) is 0 Å². The van der Waals surface area contributed by atoms with E-state index in [-0.39, 0.29) is 6.61 Å². The molecule has 0 amide bonds. The molecule has 0 aromatic heterocycles. The minimum Gasteiger partial charge on any atom is -0.394 e. The Hall–Kier alpha value is 0.110. The van der Waals surface area contributed by atoms with Crippen LogP contribution in [0.4, 0.5) is 0 Å². The Kier molecular flexibility index (Phi) is 25.2. The number of hydrogen-bond acceptors (Lipinski definition) is 7. The van der Waals surface area contributed by atoms with E-state index in [1.165, 1.54) is 44.9 Å². The summed E-state index contributed by atoms with van der Waals surface area (Å²) in [6.45, 7) is 7.04. The number of rotatable bonds is 24. The van der Waals surface area contributed by atoms with Gasteiger partial charge in [0.2, 0.25) is 0 Å². The third kappa shape index (κ3) is 24.1. The van der Waals surface area contributed by atoms with Gasteiger partial charge in [0.1, 0.15) is 0 Å². The molecular weight excluding hydrogens is 380 g/mol. The molecule has 0 radical (unpaired) electrons. The molecule has 170 valence electrons. The van der Waals surface area contributed by atoms with Crippen molar-refractivity contribution in [3.8, 4) is 0 Å². The molecule has 0 aliphatic heterocycles. The molecule has 1 N–H and O–H groups in total. The van der Waals surface area contributed by atoms with Gasteiger partial charge in [-0.15, -0.1) is 0 Å². The Morgan fingerprint density at radius 2 is 1.04 bits per heavy atom. The molecule has 0 saturated heterocycles. The largest absolute Gasteiger partial charge is 0.394 e. The maximum atomic E-state index is 8.54. The maximum Gasteiger partial charge on any atom is 0.0704 e. The summed E-state index contributed by atoms with van der Waals surface area (Å²) in [4.78, 5) is 0. The zero-order valence-electron chi connectivity index (χ0n) is 17.9. The van der Waals surface area contributed by atoms with Gasteiger partial charge in [-0.2, -0.15) is 12.6 Å². The Morgan fingerprint density at radius 1 is 0.607 bits per heavy atom. The lowest BCUT2D eigenvalue weighted by Crippen LogP contribution is -2.15. The van der Waals surface area contributed by atoms with Gasteiger partial charge >= 0.3 is 0 Å². The number of unbranched alkanes of at least 4 members (excludes halogenated alkanes) is 6. The van der Waals surface area contributed by atoms with Crippen molar-refractivity contribution < 1.29 is 28.8 Å². The summed E-state index contributed by atoms with van der Waals surface area (Å²) in [5, 5.41) is 8.54. The van der Waals surface area contributed by atoms with E-state index in [0.717, 1.165) is 12.2 Å². The lowest BCUT2D eigenvalue weighted by atomic mass is 10.1. The van der Waals surface area contributed by atoms with E-state index in [1.807, 2.05) is 0 Å². The van der Waals surface area contributed by atoms with Gasteiger partial charge in [-0.05, 0) is 25.5 Å². The van der Waals surface area contributed by atoms with E-state index >= 15 is 0 Å². The highest BCUT2D eigenvalue weighted by atomic mass is 32.1. The van der Waals surface area contributed by atoms with Crippen LogP contribution in [0.15, 0.2) is 0 Å². The third-order valence-corrected chi connectivity index (χ3v) is 4.57. The highest BCUT2D eigenvalue weighted by Gasteiger charge is 2.02. The summed E-state index contributed by atoms with van der Waals surface area (Å²) in [6.07, 6.45) is 10.6. The van der Waals surface area contributed by atoms with Crippen LogP contribution in [0.2, 0.25) is 0 Å². The summed E-state index contributed by atoms with van der Waals surface area (Å²) >= 11 is 4.24. The van der Waals surface area contributed by atoms with Crippen LogP contribution in [0.3, 0.4) is 0 Å². The molecule has 0 fully saturated rings. The van der Waals surface area contributed by atoms with Gasteiger partial charge in [-0.1, -0.05) is 38.5 Å². The zero-order valence-corrected chi connectivity index (χ0v) is 18.8. The monoisotopic (exact) mass is 424 g/mol. The summed E-state index contributed by atoms with van der Waals surface area (Å²) in [6, 6.07) is 0. The average Bonchev–Trinajstić information content (AvgIpc) is 2.70. The fourth-order valence-electron chi connectivity index (χ4n) is 2.65. The fraction of sp³-hybridized carbons (Fsp3) is 1.00. The number of ether oxygens (including phenoxy) is 5. The standard InChI is InChI=1S/C21H44O6S/c1-21(9-7-5-3-2-4-6-8-20-28)27-19-18-26-17-16-25-15-14-24-13-12-23-11-10-22/h21-22,28H,2-20H2,1H3. The Labute approximate surface area is 178 Å². The lowest BCUT2D eigenvalue weighted by molar-refractivity contribution is -0.0223. The van der Waals surface area contributed by atoms with Crippen LogP contribution < -0.4 is 0 Å². The molecule has 7 heteroatoms. The van der Waals surface area contributed by atoms with Gasteiger partial charge in [0, 0.05) is 0 Å². The molecule has 0 aliphatic rings. The normalized spacial score (nSPS) is 12.5. The van der Waals surface area contributed by atoms with Crippen molar-refractivity contribution in [2.45, 2.75) is 64.4 Å². The first kappa shape index (κ1) is 28.1. The molecule has 1 unspecified atom stereocenters. The molecule has 0 heterocycles. The van der Waals surface area contributed by atoms with E-state index in [1.54, 1.807) is 0 Å². The molecule has 0 saturated carbocycles. The lowest BCUT2D eigenvalue weighted by Gasteiger charge is -2.13. The maximum absolute atomic E-state index is 8.54. The van der Waals surface area contributed by atoms with E-state index < -0.39 is 0 Å². The molecule has 0 aromatic rings. The van der Waals surface area contributed by atoms with Crippen LogP contribution in [-0.4, -0.2) is 83.0 Å². The average molecular weight is 425 g/mol. The van der Waals surface area contributed by atoms with Crippen LogP contribution in [0.1, 0.15) is 58.3 Å². The minimum atomic E-state index is 0.0461. The van der Waals surface area contributed by atoms with Crippen LogP contribution in [0.25, 0.3) is 0 Å². The first-order valence-corrected chi connectivity index (χ1v) is 11.6. The van der Waals surface area contributed by atoms with E-state index in [0.29, 0.717) is 65.6 Å². The summed E-state index contributed by atoms with van der Waals surface area (Å²) in [7, 11) is 0. The predicted molar refractivity (Wildman–Crippen MR) is 117 cm³/mol. The van der Waals surface area contributed by atoms with E-state index in [2.05, 4.69) is 19.6 Å². The summed E-state index contributed by atoms with van der Waals surface area (Å²) < 4.78 is 27.1. The smallest absolute Gasteiger partial charge is 0.0704 e. The molecule has 6 nitrogen and oxygen atoms in total. The molecule has 0 spiro atoms. The molecule has 28 heavy (non-hydrogen) atoms. The van der Waals surface area contributed by atoms with E-state index in [4.69, 9.17) is 28.8 Å². The number of aliphatic hydroxyl groups excluding tert-OH is 1. The zero-order chi connectivity index (χ0) is 20.5. The number of hydrogen-bond donors (Lipinski definition) is 2. The van der Waals surface area contributed by atoms with Gasteiger partial charge in [0.05, 0.1) is 72.2 Å². The second kappa shape index (κ2) is 25.1. The number of aliphatic hydroxyl groups is 1. The second-order valence-electron chi connectivity index (χ2n) is 6.84. The van der Waals surface area contributed by atoms with Crippen molar-refractivity contribution >= 4 is 12.6 Å². The van der Waals surface area contributed by atoms with Crippen LogP contribution in [0.5, 0.6) is 0 Å². The van der Waals surface area contributed by atoms with Crippen molar-refractivity contribution in [1.82, 2.24) is 0 Å². The molecule has 0 bridgehead atoms. The van der Waals surface area contributed by atoms with Gasteiger partial charge < -0.3 is 28.8 Å². The minimum absolute atomic E-state index is 0.0461. The summed E-state index contributed by atoms with van der Waals surface area (Å²) in [5.74, 6) is 1.02. The van der Waals surface area contributed by atoms with Crippen molar-refractivity contribution in [1.29, 1.82) is 0 Å². The molecule has 0 rings (SSSR count). The fourth-order valence-corrected chi connectivity index (χ4v) is 2.87. The second-order valence-corrected chi connectivity index (χ2v) is 7.29. The molecule has 0 aromatic carbocycles. The molecule has 1 atom stereocenters. The van der Waals surface area contributed by atoms with Crippen molar-refractivity contribution in [2.24, 2.45) is 0 Å². The van der Waals surface area contributed by atoms with Crippen molar-refractivity contribution in [2.75, 3.05) is 71.8 Å². The van der Waals surface area contributed by atoms with Gasteiger partial charge in [0.25, 0.3) is 0 Å². The first-order chi connectivity index (χ1) is 13.8. The predicted octanol–water partition coefficient (Wildman–Crippen LogP) is 3.50. The van der Waals surface area contributed by atoms with Crippen LogP contribution in [-0.2, 0) is 23.7 Å². The Balaban J connectivity index is 3.11. The Bertz CT molecular complexity index is 284. The third-order valence-electron chi connectivity index (χ3n) is 4.25. The highest BCUT2D eigenvalue weighted by molar-refractivity contribution is 7.80. The van der Waals surface area contributed by atoms with Crippen molar-refractivity contribution in [3.63, 3.8) is 0 Å². The SMILES string of the molecule is CC(CCCCCCCCCS)OCCOCCOCCOCCOCCO. The number of thiol groups is 1. The van der Waals surface area contributed by atoms with Gasteiger partial charge in [0.15, 0.2) is 0 Å². The highest BCUT2D eigenvalue weighted by Crippen LogP contribution is 2.11. The quantitative estimate of drug-likeness (QED) is 0.183. The first-order valence-electron chi connectivity index (χ1n) is 11.0. The molecular formula is C21H44O6S. The van der Waals surface area contributed by atoms with Crippen molar-refractivity contribution in [3.05, 3.63) is 0 Å². The molecule has 0 aliphatic carbocycles. The Morgan fingerprint density at radius 3 is 1.54 bits per heavy atom. The topological polar surface area (TPSA) is 66.4 Å². The van der Waals surface area contributed by atoms with Gasteiger partial charge in [-0.25, -0.2) is 0 Å². The van der Waals surface area contributed by atoms with E-state index in [9.17, 15) is 0 Å².